The minimum atomic E-state index is -4.09. The van der Waals surface area contributed by atoms with Crippen molar-refractivity contribution in [3.05, 3.63) is 75.7 Å². The smallest absolute Gasteiger partial charge is 0.296 e. The van der Waals surface area contributed by atoms with E-state index < -0.39 is 15.6 Å². The Balaban J connectivity index is 2.04. The number of hydrogen-bond acceptors (Lipinski definition) is 4. The Labute approximate surface area is 175 Å². The number of aryl methyl sites for hydroxylation is 1. The zero-order valence-corrected chi connectivity index (χ0v) is 18.1. The average Bonchev–Trinajstić information content (AvgIpc) is 2.92. The molecule has 0 bridgehead atoms. The highest BCUT2D eigenvalue weighted by molar-refractivity contribution is 7.92. The van der Waals surface area contributed by atoms with E-state index in [1.807, 2.05) is 6.07 Å². The van der Waals surface area contributed by atoms with Gasteiger partial charge >= 0.3 is 0 Å². The molecule has 3 rings (SSSR count). The number of carbonyl (C=O) groups excluding carboxylic acids is 1. The maximum atomic E-state index is 13.0. The van der Waals surface area contributed by atoms with Crippen LogP contribution in [0.25, 0.3) is 5.69 Å². The van der Waals surface area contributed by atoms with E-state index in [-0.39, 0.29) is 22.1 Å². The molecule has 0 saturated carbocycles. The van der Waals surface area contributed by atoms with E-state index in [2.05, 4.69) is 10.0 Å². The highest BCUT2D eigenvalue weighted by Crippen LogP contribution is 2.21. The summed E-state index contributed by atoms with van der Waals surface area (Å²) in [6.45, 7) is 5.60. The van der Waals surface area contributed by atoms with Crippen LogP contribution in [0.15, 0.2) is 58.2 Å². The Bertz CT molecular complexity index is 1260. The molecule has 1 amide bonds. The van der Waals surface area contributed by atoms with Crippen LogP contribution in [0, 0.1) is 13.8 Å². The highest BCUT2D eigenvalue weighted by Gasteiger charge is 2.23. The van der Waals surface area contributed by atoms with Crippen molar-refractivity contribution in [1.82, 2.24) is 14.7 Å². The number of carbonyl (C=O) groups is 1. The molecule has 0 atom stereocenters. The Morgan fingerprint density at radius 2 is 1.73 bits per heavy atom. The van der Waals surface area contributed by atoms with Gasteiger partial charge < -0.3 is 5.32 Å². The van der Waals surface area contributed by atoms with Crippen molar-refractivity contribution < 1.29 is 13.2 Å². The van der Waals surface area contributed by atoms with Crippen molar-refractivity contribution in [2.75, 3.05) is 11.3 Å². The van der Waals surface area contributed by atoms with Gasteiger partial charge in [-0.3, -0.25) is 19.0 Å². The second-order valence-electron chi connectivity index (χ2n) is 6.88. The number of aromatic nitrogens is 2. The van der Waals surface area contributed by atoms with Crippen molar-refractivity contribution in [1.29, 1.82) is 0 Å². The van der Waals surface area contributed by atoms with E-state index in [9.17, 15) is 18.0 Å². The molecular formula is C21H24N4O4S. The molecule has 1 aromatic heterocycles. The van der Waals surface area contributed by atoms with Crippen LogP contribution in [0.4, 0.5) is 5.69 Å². The van der Waals surface area contributed by atoms with Gasteiger partial charge in [0, 0.05) is 19.2 Å². The Hall–Kier alpha value is -3.33. The third-order valence-corrected chi connectivity index (χ3v) is 6.24. The van der Waals surface area contributed by atoms with Crippen molar-refractivity contribution in [2.24, 2.45) is 7.05 Å². The first-order valence-electron chi connectivity index (χ1n) is 9.43. The molecule has 0 unspecified atom stereocenters. The molecule has 0 spiro atoms. The number of sulfonamides is 1. The van der Waals surface area contributed by atoms with Gasteiger partial charge in [-0.2, -0.15) is 0 Å². The summed E-state index contributed by atoms with van der Waals surface area (Å²) in [6, 6.07) is 13.2. The van der Waals surface area contributed by atoms with E-state index in [1.54, 1.807) is 62.8 Å². The van der Waals surface area contributed by atoms with Crippen LogP contribution < -0.4 is 15.6 Å². The summed E-state index contributed by atoms with van der Waals surface area (Å²) < 4.78 is 31.4. The number of rotatable bonds is 6. The number of nitrogens with zero attached hydrogens (tertiary/aromatic N) is 2. The van der Waals surface area contributed by atoms with Crippen LogP contribution in [0.2, 0.25) is 0 Å². The molecule has 1 heterocycles. The average molecular weight is 429 g/mol. The molecule has 0 aliphatic rings. The molecule has 0 saturated heterocycles. The summed E-state index contributed by atoms with van der Waals surface area (Å²) in [5, 5.41) is 2.67. The van der Waals surface area contributed by atoms with E-state index in [0.29, 0.717) is 23.5 Å². The van der Waals surface area contributed by atoms with Crippen LogP contribution in [0.5, 0.6) is 0 Å². The zero-order chi connectivity index (χ0) is 22.1. The van der Waals surface area contributed by atoms with Gasteiger partial charge in [0.25, 0.3) is 21.5 Å². The van der Waals surface area contributed by atoms with Crippen LogP contribution >= 0.6 is 0 Å². The summed E-state index contributed by atoms with van der Waals surface area (Å²) in [5.74, 6) is -0.352. The fourth-order valence-corrected chi connectivity index (χ4v) is 4.29. The molecule has 3 aromatic rings. The fourth-order valence-electron chi connectivity index (χ4n) is 3.15. The quantitative estimate of drug-likeness (QED) is 0.629. The largest absolute Gasteiger partial charge is 0.352 e. The van der Waals surface area contributed by atoms with E-state index >= 15 is 0 Å². The first kappa shape index (κ1) is 21.4. The lowest BCUT2D eigenvalue weighted by Crippen LogP contribution is -2.25. The minimum Gasteiger partial charge on any atom is -0.352 e. The van der Waals surface area contributed by atoms with Crippen LogP contribution in [-0.4, -0.2) is 30.2 Å². The predicted octanol–water partition coefficient (Wildman–Crippen LogP) is 2.34. The minimum absolute atomic E-state index is 0.0403. The van der Waals surface area contributed by atoms with Crippen molar-refractivity contribution in [2.45, 2.75) is 25.7 Å². The lowest BCUT2D eigenvalue weighted by molar-refractivity contribution is 0.0955. The fraction of sp³-hybridized carbons (Fsp3) is 0.238. The summed E-state index contributed by atoms with van der Waals surface area (Å²) in [6.07, 6.45) is 0. The monoisotopic (exact) mass is 428 g/mol. The standard InChI is InChI=1S/C21H24N4O4S/c1-5-22-20(26)18-13-17(12-11-14(18)2)30(28,29)23-19-15(3)24(4)25(21(19)27)16-9-7-6-8-10-16/h6-13,23H,5H2,1-4H3,(H,22,26). The summed E-state index contributed by atoms with van der Waals surface area (Å²) in [4.78, 5) is 25.1. The van der Waals surface area contributed by atoms with Gasteiger partial charge in [-0.05, 0) is 50.6 Å². The summed E-state index contributed by atoms with van der Waals surface area (Å²) in [7, 11) is -2.41. The van der Waals surface area contributed by atoms with Crippen molar-refractivity contribution >= 4 is 21.6 Å². The second kappa shape index (κ2) is 8.19. The van der Waals surface area contributed by atoms with Gasteiger partial charge in [-0.1, -0.05) is 24.3 Å². The number of para-hydroxylation sites is 1. The van der Waals surface area contributed by atoms with Crippen molar-refractivity contribution in [3.63, 3.8) is 0 Å². The predicted molar refractivity (Wildman–Crippen MR) is 116 cm³/mol. The van der Waals surface area contributed by atoms with Crippen molar-refractivity contribution in [3.8, 4) is 5.69 Å². The number of nitrogens with one attached hydrogen (secondary N) is 2. The topological polar surface area (TPSA) is 102 Å². The third-order valence-electron chi connectivity index (χ3n) is 4.89. The molecule has 0 aliphatic carbocycles. The molecule has 30 heavy (non-hydrogen) atoms. The summed E-state index contributed by atoms with van der Waals surface area (Å²) >= 11 is 0. The number of benzene rings is 2. The molecule has 2 N–H and O–H groups in total. The SMILES string of the molecule is CCNC(=O)c1cc(S(=O)(=O)Nc2c(C)n(C)n(-c3ccccc3)c2=O)ccc1C. The lowest BCUT2D eigenvalue weighted by atomic mass is 10.1. The highest BCUT2D eigenvalue weighted by atomic mass is 32.2. The zero-order valence-electron chi connectivity index (χ0n) is 17.3. The molecule has 8 nitrogen and oxygen atoms in total. The normalized spacial score (nSPS) is 11.3. The molecule has 2 aromatic carbocycles. The maximum absolute atomic E-state index is 13.0. The van der Waals surface area contributed by atoms with E-state index in [4.69, 9.17) is 0 Å². The number of anilines is 1. The number of amides is 1. The van der Waals surface area contributed by atoms with E-state index in [0.717, 1.165) is 0 Å². The Morgan fingerprint density at radius 3 is 2.37 bits per heavy atom. The van der Waals surface area contributed by atoms with Gasteiger partial charge in [0.05, 0.1) is 16.3 Å². The van der Waals surface area contributed by atoms with E-state index in [1.165, 1.54) is 16.8 Å². The first-order valence-corrected chi connectivity index (χ1v) is 10.9. The molecule has 158 valence electrons. The van der Waals surface area contributed by atoms with Crippen LogP contribution in [-0.2, 0) is 17.1 Å². The van der Waals surface area contributed by atoms with Gasteiger partial charge in [-0.25, -0.2) is 13.1 Å². The maximum Gasteiger partial charge on any atom is 0.296 e. The van der Waals surface area contributed by atoms with Gasteiger partial charge in [0.15, 0.2) is 0 Å². The number of hydrogen-bond donors (Lipinski definition) is 2. The lowest BCUT2D eigenvalue weighted by Gasteiger charge is -2.10. The second-order valence-corrected chi connectivity index (χ2v) is 8.56. The molecule has 0 radical (unpaired) electrons. The van der Waals surface area contributed by atoms with Crippen LogP contribution in [0.3, 0.4) is 0 Å². The summed E-state index contributed by atoms with van der Waals surface area (Å²) in [5.41, 5.74) is 1.48. The van der Waals surface area contributed by atoms with Gasteiger partial charge in [0.1, 0.15) is 5.69 Å². The van der Waals surface area contributed by atoms with Crippen LogP contribution in [0.1, 0.15) is 28.5 Å². The van der Waals surface area contributed by atoms with Gasteiger partial charge in [0.2, 0.25) is 0 Å². The molecule has 9 heteroatoms. The molecular weight excluding hydrogens is 404 g/mol. The van der Waals surface area contributed by atoms with Gasteiger partial charge in [-0.15, -0.1) is 0 Å². The third kappa shape index (κ3) is 3.88. The molecule has 0 aliphatic heterocycles. The Morgan fingerprint density at radius 1 is 1.07 bits per heavy atom. The first-order chi connectivity index (χ1) is 14.2. The molecule has 0 fully saturated rings. The Kier molecular flexibility index (Phi) is 5.84.